The highest BCUT2D eigenvalue weighted by atomic mass is 16.5. The molecule has 2 aromatic carbocycles. The fourth-order valence-electron chi connectivity index (χ4n) is 1.59. The van der Waals surface area contributed by atoms with Gasteiger partial charge in [-0.1, -0.05) is 0 Å². The Morgan fingerprint density at radius 2 is 1.14 bits per heavy atom. The lowest BCUT2D eigenvalue weighted by Crippen LogP contribution is -1.97. The Hall–Kier alpha value is -3.22. The third kappa shape index (κ3) is 3.03. The van der Waals surface area contributed by atoms with Gasteiger partial charge in [-0.05, 0) is 36.4 Å². The molecule has 0 atom stereocenters. The minimum Gasteiger partial charge on any atom is -0.504 e. The molecule has 7 nitrogen and oxygen atoms in total. The number of rotatable bonds is 4. The lowest BCUT2D eigenvalue weighted by molar-refractivity contribution is 0.0686. The van der Waals surface area contributed by atoms with Gasteiger partial charge in [0.1, 0.15) is 0 Å². The van der Waals surface area contributed by atoms with E-state index in [-0.39, 0.29) is 22.6 Å². The van der Waals surface area contributed by atoms with Crippen molar-refractivity contribution in [3.63, 3.8) is 0 Å². The maximum absolute atomic E-state index is 10.7. The molecule has 108 valence electrons. The molecule has 2 rings (SSSR count). The van der Waals surface area contributed by atoms with Crippen molar-refractivity contribution in [2.45, 2.75) is 0 Å². The van der Waals surface area contributed by atoms with Crippen molar-refractivity contribution in [3.05, 3.63) is 47.5 Å². The minimum atomic E-state index is -1.20. The van der Waals surface area contributed by atoms with Crippen LogP contribution in [0.2, 0.25) is 0 Å². The van der Waals surface area contributed by atoms with Crippen LogP contribution in [0, 0.1) is 0 Å². The van der Waals surface area contributed by atoms with Crippen LogP contribution in [0.1, 0.15) is 20.7 Å². The van der Waals surface area contributed by atoms with Crippen LogP contribution >= 0.6 is 0 Å². The predicted molar refractivity (Wildman–Crippen MR) is 70.2 cm³/mol. The van der Waals surface area contributed by atoms with E-state index < -0.39 is 23.4 Å². The predicted octanol–water partition coefficient (Wildman–Crippen LogP) is 2.29. The average Bonchev–Trinajstić information content (AvgIpc) is 2.42. The quantitative estimate of drug-likeness (QED) is 0.680. The Balaban J connectivity index is 2.30. The van der Waals surface area contributed by atoms with E-state index in [0.29, 0.717) is 0 Å². The Kier molecular flexibility index (Phi) is 3.66. The van der Waals surface area contributed by atoms with E-state index in [1.54, 1.807) is 0 Å². The summed E-state index contributed by atoms with van der Waals surface area (Å²) < 4.78 is 5.22. The van der Waals surface area contributed by atoms with Gasteiger partial charge >= 0.3 is 11.9 Å². The van der Waals surface area contributed by atoms with Crippen molar-refractivity contribution in [2.75, 3.05) is 0 Å². The lowest BCUT2D eigenvalue weighted by atomic mass is 10.2. The van der Waals surface area contributed by atoms with Crippen LogP contribution in [0.25, 0.3) is 0 Å². The van der Waals surface area contributed by atoms with Crippen LogP contribution in [0.15, 0.2) is 36.4 Å². The molecule has 0 amide bonds. The third-order valence-electron chi connectivity index (χ3n) is 2.63. The first-order valence-corrected chi connectivity index (χ1v) is 5.69. The first kappa shape index (κ1) is 14.2. The number of carbonyl (C=O) groups is 2. The molecular weight excluding hydrogens is 280 g/mol. The second kappa shape index (κ2) is 5.41. The van der Waals surface area contributed by atoms with Gasteiger partial charge in [-0.15, -0.1) is 0 Å². The lowest BCUT2D eigenvalue weighted by Gasteiger charge is -2.10. The molecule has 0 saturated carbocycles. The SMILES string of the molecule is O=C(O)c1ccc(Oc2ccc(C(=O)O)cc2O)c(O)c1. The molecule has 0 saturated heterocycles. The van der Waals surface area contributed by atoms with Crippen molar-refractivity contribution < 1.29 is 34.8 Å². The highest BCUT2D eigenvalue weighted by Crippen LogP contribution is 2.36. The molecule has 0 aliphatic carbocycles. The summed E-state index contributed by atoms with van der Waals surface area (Å²) in [5.74, 6) is -3.39. The fraction of sp³-hybridized carbons (Fsp3) is 0. The normalized spacial score (nSPS) is 10.1. The molecule has 0 aliphatic rings. The van der Waals surface area contributed by atoms with Crippen LogP contribution in [-0.2, 0) is 0 Å². The van der Waals surface area contributed by atoms with Crippen molar-refractivity contribution >= 4 is 11.9 Å². The van der Waals surface area contributed by atoms with Gasteiger partial charge in [0.15, 0.2) is 23.0 Å². The Morgan fingerprint density at radius 3 is 1.43 bits per heavy atom. The van der Waals surface area contributed by atoms with Gasteiger partial charge in [-0.2, -0.15) is 0 Å². The van der Waals surface area contributed by atoms with Crippen LogP contribution in [0.4, 0.5) is 0 Å². The van der Waals surface area contributed by atoms with Crippen molar-refractivity contribution in [1.29, 1.82) is 0 Å². The summed E-state index contributed by atoms with van der Waals surface area (Å²) in [6.45, 7) is 0. The average molecular weight is 290 g/mol. The minimum absolute atomic E-state index is 0.0709. The van der Waals surface area contributed by atoms with Crippen LogP contribution in [0.3, 0.4) is 0 Å². The first-order valence-electron chi connectivity index (χ1n) is 5.69. The van der Waals surface area contributed by atoms with E-state index >= 15 is 0 Å². The zero-order chi connectivity index (χ0) is 15.6. The van der Waals surface area contributed by atoms with E-state index in [1.165, 1.54) is 24.3 Å². The number of hydrogen-bond donors (Lipinski definition) is 4. The molecule has 0 aromatic heterocycles. The molecule has 2 aromatic rings. The molecule has 0 heterocycles. The summed E-state index contributed by atoms with van der Waals surface area (Å²) in [7, 11) is 0. The number of carboxylic acid groups (broad SMARTS) is 2. The summed E-state index contributed by atoms with van der Waals surface area (Å²) in [6, 6.07) is 6.90. The van der Waals surface area contributed by atoms with Crippen LogP contribution < -0.4 is 4.74 Å². The van der Waals surface area contributed by atoms with Gasteiger partial charge in [0.25, 0.3) is 0 Å². The van der Waals surface area contributed by atoms with Crippen LogP contribution in [0.5, 0.6) is 23.0 Å². The molecule has 0 bridgehead atoms. The molecule has 0 fully saturated rings. The maximum atomic E-state index is 10.7. The molecule has 0 radical (unpaired) electrons. The summed E-state index contributed by atoms with van der Waals surface area (Å²) >= 11 is 0. The molecule has 21 heavy (non-hydrogen) atoms. The smallest absolute Gasteiger partial charge is 0.335 e. The number of phenols is 2. The molecule has 4 N–H and O–H groups in total. The number of aromatic carboxylic acids is 2. The molecule has 7 heteroatoms. The van der Waals surface area contributed by atoms with Gasteiger partial charge < -0.3 is 25.2 Å². The molecular formula is C14H10O7. The van der Waals surface area contributed by atoms with E-state index in [1.807, 2.05) is 0 Å². The number of hydrogen-bond acceptors (Lipinski definition) is 5. The van der Waals surface area contributed by atoms with Gasteiger partial charge in [0, 0.05) is 0 Å². The summed E-state index contributed by atoms with van der Waals surface area (Å²) in [4.78, 5) is 21.5. The Labute approximate surface area is 118 Å². The van der Waals surface area contributed by atoms with Gasteiger partial charge in [-0.25, -0.2) is 9.59 Å². The summed E-state index contributed by atoms with van der Waals surface area (Å²) in [5.41, 5.74) is -0.240. The van der Waals surface area contributed by atoms with Crippen LogP contribution in [-0.4, -0.2) is 32.4 Å². The number of aromatic hydroxyl groups is 2. The maximum Gasteiger partial charge on any atom is 0.335 e. The number of ether oxygens (including phenoxy) is 1. The standard InChI is InChI=1S/C14H10O7/c15-9-5-7(13(17)18)1-3-11(9)21-12-4-2-8(14(19)20)6-10(12)16/h1-6,15-16H,(H,17,18)(H,19,20). The number of benzene rings is 2. The first-order chi connectivity index (χ1) is 9.88. The van der Waals surface area contributed by atoms with E-state index in [2.05, 4.69) is 0 Å². The second-order valence-electron chi connectivity index (χ2n) is 4.08. The van der Waals surface area contributed by atoms with Crippen molar-refractivity contribution in [1.82, 2.24) is 0 Å². The molecule has 0 unspecified atom stereocenters. The highest BCUT2D eigenvalue weighted by molar-refractivity contribution is 5.89. The summed E-state index contributed by atoms with van der Waals surface area (Å²) in [5, 5.41) is 36.9. The van der Waals surface area contributed by atoms with Crippen molar-refractivity contribution in [3.8, 4) is 23.0 Å². The van der Waals surface area contributed by atoms with E-state index in [0.717, 1.165) is 12.1 Å². The number of carboxylic acids is 2. The Bertz CT molecular complexity index is 660. The fourth-order valence-corrected chi connectivity index (χ4v) is 1.59. The van der Waals surface area contributed by atoms with Crippen molar-refractivity contribution in [2.24, 2.45) is 0 Å². The molecule has 0 aliphatic heterocycles. The summed E-state index contributed by atoms with van der Waals surface area (Å²) in [6.07, 6.45) is 0. The largest absolute Gasteiger partial charge is 0.504 e. The zero-order valence-electron chi connectivity index (χ0n) is 10.5. The molecule has 0 spiro atoms. The van der Waals surface area contributed by atoms with E-state index in [4.69, 9.17) is 14.9 Å². The van der Waals surface area contributed by atoms with Gasteiger partial charge in [0.05, 0.1) is 11.1 Å². The van der Waals surface area contributed by atoms with E-state index in [9.17, 15) is 19.8 Å². The zero-order valence-corrected chi connectivity index (χ0v) is 10.5. The number of phenolic OH excluding ortho intramolecular Hbond substituents is 2. The highest BCUT2D eigenvalue weighted by Gasteiger charge is 2.13. The van der Waals surface area contributed by atoms with Gasteiger partial charge in [0.2, 0.25) is 0 Å². The van der Waals surface area contributed by atoms with Gasteiger partial charge in [-0.3, -0.25) is 0 Å². The topological polar surface area (TPSA) is 124 Å². The monoisotopic (exact) mass is 290 g/mol. The second-order valence-corrected chi connectivity index (χ2v) is 4.08. The third-order valence-corrected chi connectivity index (χ3v) is 2.63. The Morgan fingerprint density at radius 1 is 0.762 bits per heavy atom.